The minimum absolute atomic E-state index is 0.0487. The number of H-pyrrole nitrogens is 1. The van der Waals surface area contributed by atoms with Gasteiger partial charge >= 0.3 is 12.1 Å². The first kappa shape index (κ1) is 22.1. The fourth-order valence-electron chi connectivity index (χ4n) is 4.28. The van der Waals surface area contributed by atoms with E-state index in [-0.39, 0.29) is 29.1 Å². The Morgan fingerprint density at radius 3 is 2.62 bits per heavy atom. The maximum Gasteiger partial charge on any atom is 0.419 e. The first-order chi connectivity index (χ1) is 15.3. The zero-order valence-electron chi connectivity index (χ0n) is 18.0. The molecule has 2 saturated heterocycles. The summed E-state index contributed by atoms with van der Waals surface area (Å²) < 4.78 is 28.8. The Hall–Kier alpha value is -3.06. The lowest BCUT2D eigenvalue weighted by atomic mass is 9.92. The first-order valence-electron chi connectivity index (χ1n) is 10.9. The highest BCUT2D eigenvalue weighted by molar-refractivity contribution is 7.91. The summed E-state index contributed by atoms with van der Waals surface area (Å²) in [5.74, 6) is 1.28. The number of carbonyl (C=O) groups is 1. The van der Waals surface area contributed by atoms with Gasteiger partial charge in [-0.15, -0.1) is 0 Å². The van der Waals surface area contributed by atoms with Crippen molar-refractivity contribution in [3.63, 3.8) is 0 Å². The van der Waals surface area contributed by atoms with Crippen LogP contribution in [0.15, 0.2) is 24.4 Å². The van der Waals surface area contributed by atoms with E-state index in [9.17, 15) is 13.2 Å². The Labute approximate surface area is 187 Å². The smallest absolute Gasteiger partial charge is 0.375 e. The molecule has 0 saturated carbocycles. The van der Waals surface area contributed by atoms with E-state index in [1.807, 2.05) is 18.2 Å². The lowest BCUT2D eigenvalue weighted by Crippen LogP contribution is -2.34. The lowest BCUT2D eigenvalue weighted by molar-refractivity contribution is 0.211. The number of nitrogens with one attached hydrogen (secondary N) is 2. The Balaban J connectivity index is 1.54. The summed E-state index contributed by atoms with van der Waals surface area (Å²) in [4.78, 5) is 21.2. The predicted octanol–water partition coefficient (Wildman–Crippen LogP) is 3.42. The molecule has 0 spiro atoms. The monoisotopic (exact) mass is 457 g/mol. The quantitative estimate of drug-likeness (QED) is 0.720. The van der Waals surface area contributed by atoms with Crippen LogP contribution in [0.4, 0.5) is 16.2 Å². The van der Waals surface area contributed by atoms with E-state index in [4.69, 9.17) is 10.00 Å². The molecule has 2 fully saturated rings. The first-order valence-corrected chi connectivity index (χ1v) is 12.7. The van der Waals surface area contributed by atoms with Gasteiger partial charge in [0.1, 0.15) is 15.9 Å². The predicted molar refractivity (Wildman–Crippen MR) is 121 cm³/mol. The van der Waals surface area contributed by atoms with Gasteiger partial charge in [0.2, 0.25) is 0 Å². The van der Waals surface area contributed by atoms with E-state index in [0.29, 0.717) is 24.4 Å². The Bertz CT molecular complexity index is 1120. The number of aromatic amines is 1. The number of carbonyl (C=O) groups excluding carboxylic acids is 1. The van der Waals surface area contributed by atoms with Crippen molar-refractivity contribution in [2.24, 2.45) is 5.92 Å². The maximum absolute atomic E-state index is 12.5. The van der Waals surface area contributed by atoms with E-state index in [2.05, 4.69) is 33.2 Å². The fourth-order valence-corrected chi connectivity index (χ4v) is 5.77. The largest absolute Gasteiger partial charge is 0.419 e. The maximum atomic E-state index is 12.5. The number of piperidine rings is 1. The van der Waals surface area contributed by atoms with Crippen molar-refractivity contribution in [1.82, 2.24) is 9.97 Å². The molecule has 170 valence electrons. The van der Waals surface area contributed by atoms with Gasteiger partial charge in [0, 0.05) is 19.3 Å². The molecule has 0 unspecified atom stereocenters. The number of nitrogens with zero attached hydrogens (tertiary/aromatic N) is 3. The SMILES string of the molecule is CC1CCN(c2cc(C3CCS(=O)(=O)CC3)ccc2NC(=O)Oc2nc(C#N)c[nH]2)CC1. The number of sulfone groups is 1. The number of anilines is 2. The number of hydrogen-bond donors (Lipinski definition) is 2. The van der Waals surface area contributed by atoms with E-state index in [0.717, 1.165) is 37.2 Å². The van der Waals surface area contributed by atoms with Crippen molar-refractivity contribution in [3.8, 4) is 12.1 Å². The minimum Gasteiger partial charge on any atom is -0.375 e. The number of ether oxygens (including phenoxy) is 1. The van der Waals surface area contributed by atoms with E-state index in [1.54, 1.807) is 0 Å². The summed E-state index contributed by atoms with van der Waals surface area (Å²) in [6.45, 7) is 4.01. The van der Waals surface area contributed by atoms with Crippen LogP contribution in [-0.4, -0.2) is 49.1 Å². The second kappa shape index (κ2) is 9.20. The average molecular weight is 458 g/mol. The molecule has 2 aromatic rings. The number of imidazole rings is 1. The Morgan fingerprint density at radius 1 is 1.25 bits per heavy atom. The van der Waals surface area contributed by atoms with Gasteiger partial charge in [-0.05, 0) is 55.2 Å². The highest BCUT2D eigenvalue weighted by Gasteiger charge is 2.27. The molecule has 2 aliphatic heterocycles. The molecule has 9 nitrogen and oxygen atoms in total. The second-order valence-corrected chi connectivity index (χ2v) is 10.9. The van der Waals surface area contributed by atoms with Gasteiger partial charge in [-0.3, -0.25) is 5.32 Å². The molecule has 0 aliphatic carbocycles. The summed E-state index contributed by atoms with van der Waals surface area (Å²) in [7, 11) is -2.93. The third-order valence-electron chi connectivity index (χ3n) is 6.27. The zero-order chi connectivity index (χ0) is 22.7. The van der Waals surface area contributed by atoms with Gasteiger partial charge in [0.15, 0.2) is 5.69 Å². The Kier molecular flexibility index (Phi) is 6.37. The molecule has 3 heterocycles. The molecule has 1 aromatic heterocycles. The van der Waals surface area contributed by atoms with Crippen molar-refractivity contribution in [2.75, 3.05) is 34.8 Å². The fraction of sp³-hybridized carbons (Fsp3) is 0.500. The summed E-state index contributed by atoms with van der Waals surface area (Å²) in [5, 5.41) is 11.7. The van der Waals surface area contributed by atoms with Crippen molar-refractivity contribution in [3.05, 3.63) is 35.7 Å². The van der Waals surface area contributed by atoms with Crippen LogP contribution in [0.1, 0.15) is 49.8 Å². The van der Waals surface area contributed by atoms with E-state index < -0.39 is 15.9 Å². The Morgan fingerprint density at radius 2 is 1.97 bits per heavy atom. The number of aromatic nitrogens is 2. The van der Waals surface area contributed by atoms with Crippen LogP contribution in [0.3, 0.4) is 0 Å². The standard InChI is InChI=1S/C22H27N5O4S/c1-15-4-8-27(9-5-15)20-12-17(16-6-10-32(29,30)11-7-16)2-3-19(20)26-22(28)31-21-24-14-18(13-23)25-21/h2-3,12,14-16H,4-11H2,1H3,(H,24,25)(H,26,28). The van der Waals surface area contributed by atoms with Gasteiger partial charge in [-0.2, -0.15) is 10.2 Å². The molecular formula is C22H27N5O4S. The molecule has 32 heavy (non-hydrogen) atoms. The van der Waals surface area contributed by atoms with Crippen LogP contribution < -0.4 is 15.0 Å². The van der Waals surface area contributed by atoms with Crippen molar-refractivity contribution < 1.29 is 17.9 Å². The second-order valence-electron chi connectivity index (χ2n) is 8.59. The highest BCUT2D eigenvalue weighted by atomic mass is 32.2. The molecule has 0 bridgehead atoms. The summed E-state index contributed by atoms with van der Waals surface area (Å²) in [6.07, 6.45) is 4.04. The molecule has 4 rings (SSSR count). The number of benzene rings is 1. The molecule has 2 N–H and O–H groups in total. The topological polar surface area (TPSA) is 128 Å². The summed E-state index contributed by atoms with van der Waals surface area (Å²) >= 11 is 0. The summed E-state index contributed by atoms with van der Waals surface area (Å²) in [5.41, 5.74) is 2.77. The molecule has 10 heteroatoms. The highest BCUT2D eigenvalue weighted by Crippen LogP contribution is 2.36. The average Bonchev–Trinajstić information content (AvgIpc) is 3.22. The van der Waals surface area contributed by atoms with Crippen LogP contribution >= 0.6 is 0 Å². The summed E-state index contributed by atoms with van der Waals surface area (Å²) in [6, 6.07) is 7.71. The van der Waals surface area contributed by atoms with Gasteiger partial charge in [-0.25, -0.2) is 13.2 Å². The molecular weight excluding hydrogens is 430 g/mol. The van der Waals surface area contributed by atoms with Crippen LogP contribution in [0.5, 0.6) is 6.01 Å². The van der Waals surface area contributed by atoms with Crippen LogP contribution in [-0.2, 0) is 9.84 Å². The van der Waals surface area contributed by atoms with Crippen molar-refractivity contribution in [2.45, 2.75) is 38.5 Å². The van der Waals surface area contributed by atoms with Crippen molar-refractivity contribution >= 4 is 27.3 Å². The zero-order valence-corrected chi connectivity index (χ0v) is 18.8. The minimum atomic E-state index is -2.93. The third kappa shape index (κ3) is 5.22. The third-order valence-corrected chi connectivity index (χ3v) is 7.98. The van der Waals surface area contributed by atoms with Gasteiger partial charge in [0.25, 0.3) is 0 Å². The molecule has 1 aromatic carbocycles. The molecule has 0 radical (unpaired) electrons. The van der Waals surface area contributed by atoms with Crippen LogP contribution in [0.25, 0.3) is 0 Å². The van der Waals surface area contributed by atoms with E-state index >= 15 is 0 Å². The molecule has 0 atom stereocenters. The van der Waals surface area contributed by atoms with E-state index in [1.165, 1.54) is 6.20 Å². The lowest BCUT2D eigenvalue weighted by Gasteiger charge is -2.34. The van der Waals surface area contributed by atoms with Crippen molar-refractivity contribution in [1.29, 1.82) is 5.26 Å². The van der Waals surface area contributed by atoms with Gasteiger partial charge in [0.05, 0.1) is 22.9 Å². The van der Waals surface area contributed by atoms with Gasteiger partial charge in [-0.1, -0.05) is 13.0 Å². The van der Waals surface area contributed by atoms with Crippen LogP contribution in [0.2, 0.25) is 0 Å². The molecule has 2 aliphatic rings. The molecule has 1 amide bonds. The van der Waals surface area contributed by atoms with Gasteiger partial charge < -0.3 is 14.6 Å². The normalized spacial score (nSPS) is 19.3. The van der Waals surface area contributed by atoms with Crippen LogP contribution in [0, 0.1) is 17.2 Å². The number of nitriles is 1. The number of amides is 1. The number of rotatable bonds is 4. The number of hydrogen-bond acceptors (Lipinski definition) is 7.